The number of anilines is 1. The lowest BCUT2D eigenvalue weighted by molar-refractivity contribution is -0.113. The van der Waals surface area contributed by atoms with E-state index >= 15 is 0 Å². The molecule has 0 atom stereocenters. The Kier molecular flexibility index (Phi) is 6.24. The number of ether oxygens (including phenoxy) is 2. The highest BCUT2D eigenvalue weighted by Crippen LogP contribution is 2.31. The Bertz CT molecular complexity index is 1530. The first-order chi connectivity index (χ1) is 17.1. The number of benzene rings is 3. The van der Waals surface area contributed by atoms with Crippen molar-refractivity contribution in [2.24, 2.45) is 0 Å². The summed E-state index contributed by atoms with van der Waals surface area (Å²) in [4.78, 5) is 17.6. The molecule has 35 heavy (non-hydrogen) atoms. The van der Waals surface area contributed by atoms with Crippen molar-refractivity contribution in [3.8, 4) is 22.9 Å². The number of aromatic nitrogens is 4. The number of carbonyl (C=O) groups excluding carboxylic acids is 1. The van der Waals surface area contributed by atoms with Gasteiger partial charge < -0.3 is 14.8 Å². The molecule has 9 heteroatoms. The number of nitrogens with zero attached hydrogens (tertiary/aromatic N) is 4. The average molecular weight is 486 g/mol. The van der Waals surface area contributed by atoms with Crippen LogP contribution in [0.25, 0.3) is 28.1 Å². The van der Waals surface area contributed by atoms with Crippen LogP contribution in [0.2, 0.25) is 0 Å². The number of para-hydroxylation sites is 2. The number of amides is 1. The Morgan fingerprint density at radius 2 is 1.80 bits per heavy atom. The van der Waals surface area contributed by atoms with Gasteiger partial charge in [0.1, 0.15) is 16.5 Å². The maximum absolute atomic E-state index is 12.8. The van der Waals surface area contributed by atoms with Crippen LogP contribution in [0.15, 0.2) is 71.8 Å². The van der Waals surface area contributed by atoms with Crippen molar-refractivity contribution >= 4 is 40.0 Å². The predicted octanol–water partition coefficient (Wildman–Crippen LogP) is 5.00. The van der Waals surface area contributed by atoms with Gasteiger partial charge >= 0.3 is 0 Å². The number of rotatable bonds is 7. The van der Waals surface area contributed by atoms with Gasteiger partial charge in [0.25, 0.3) is 0 Å². The molecule has 2 aromatic heterocycles. The Hall–Kier alpha value is -4.11. The molecule has 1 N–H and O–H groups in total. The number of carbonyl (C=O) groups is 1. The van der Waals surface area contributed by atoms with E-state index in [1.165, 1.54) is 17.3 Å². The fourth-order valence-corrected chi connectivity index (χ4v) is 4.53. The zero-order chi connectivity index (χ0) is 24.4. The zero-order valence-corrected chi connectivity index (χ0v) is 20.3. The third kappa shape index (κ3) is 4.50. The highest BCUT2D eigenvalue weighted by molar-refractivity contribution is 8.00. The standard InChI is InChI=1S/C26H23N5O3S/c1-16-8-10-17(11-9-16)24-29-30-25-26(28-19-6-4-5-7-21(19)31(24)25)35-15-23(32)27-20-13-12-18(33-2)14-22(20)34-3/h4-14H,15H2,1-3H3,(H,27,32). The smallest absolute Gasteiger partial charge is 0.234 e. The van der Waals surface area contributed by atoms with Gasteiger partial charge in [-0.25, -0.2) is 4.98 Å². The molecule has 0 aliphatic rings. The molecule has 8 nitrogen and oxygen atoms in total. The molecule has 2 heterocycles. The molecule has 1 amide bonds. The Balaban J connectivity index is 1.46. The van der Waals surface area contributed by atoms with Gasteiger partial charge in [0.15, 0.2) is 11.5 Å². The number of hydrogen-bond donors (Lipinski definition) is 1. The van der Waals surface area contributed by atoms with Crippen molar-refractivity contribution in [1.29, 1.82) is 0 Å². The third-order valence-corrected chi connectivity index (χ3v) is 6.49. The van der Waals surface area contributed by atoms with Crippen molar-refractivity contribution in [3.05, 3.63) is 72.3 Å². The third-order valence-electron chi connectivity index (χ3n) is 5.53. The second kappa shape index (κ2) is 9.63. The van der Waals surface area contributed by atoms with E-state index in [2.05, 4.69) is 15.5 Å². The number of thioether (sulfide) groups is 1. The fourth-order valence-electron chi connectivity index (χ4n) is 3.77. The molecule has 0 aliphatic heterocycles. The average Bonchev–Trinajstić information content (AvgIpc) is 3.33. The molecule has 176 valence electrons. The van der Waals surface area contributed by atoms with Gasteiger partial charge in [0.2, 0.25) is 5.91 Å². The lowest BCUT2D eigenvalue weighted by Gasteiger charge is -2.12. The zero-order valence-electron chi connectivity index (χ0n) is 19.5. The summed E-state index contributed by atoms with van der Waals surface area (Å²) in [7, 11) is 3.13. The van der Waals surface area contributed by atoms with E-state index < -0.39 is 0 Å². The number of nitrogens with one attached hydrogen (secondary N) is 1. The quantitative estimate of drug-likeness (QED) is 0.324. The van der Waals surface area contributed by atoms with E-state index in [1.807, 2.05) is 59.9 Å². The SMILES string of the molecule is COc1ccc(NC(=O)CSc2nc3ccccc3n3c(-c4ccc(C)cc4)nnc23)c(OC)c1. The molecule has 0 saturated carbocycles. The summed E-state index contributed by atoms with van der Waals surface area (Å²) in [5, 5.41) is 12.4. The van der Waals surface area contributed by atoms with Crippen molar-refractivity contribution in [2.75, 3.05) is 25.3 Å². The van der Waals surface area contributed by atoms with Gasteiger partial charge in [0.05, 0.1) is 36.7 Å². The summed E-state index contributed by atoms with van der Waals surface area (Å²) in [6.07, 6.45) is 0. The Morgan fingerprint density at radius 1 is 1.00 bits per heavy atom. The van der Waals surface area contributed by atoms with Crippen LogP contribution in [0.5, 0.6) is 11.5 Å². The minimum Gasteiger partial charge on any atom is -0.497 e. The number of aryl methyl sites for hydroxylation is 1. The van der Waals surface area contributed by atoms with Crippen LogP contribution in [-0.2, 0) is 4.79 Å². The normalized spacial score (nSPS) is 11.1. The van der Waals surface area contributed by atoms with Crippen LogP contribution in [0, 0.1) is 6.92 Å². The monoisotopic (exact) mass is 485 g/mol. The van der Waals surface area contributed by atoms with Crippen molar-refractivity contribution < 1.29 is 14.3 Å². The number of hydrogen-bond acceptors (Lipinski definition) is 7. The second-order valence-electron chi connectivity index (χ2n) is 7.86. The van der Waals surface area contributed by atoms with Crippen LogP contribution < -0.4 is 14.8 Å². The van der Waals surface area contributed by atoms with Crippen LogP contribution in [0.3, 0.4) is 0 Å². The Labute approximate surface area is 206 Å². The van der Waals surface area contributed by atoms with Crippen molar-refractivity contribution in [1.82, 2.24) is 19.6 Å². The van der Waals surface area contributed by atoms with Crippen LogP contribution >= 0.6 is 11.8 Å². The van der Waals surface area contributed by atoms with Gasteiger partial charge in [-0.3, -0.25) is 9.20 Å². The first-order valence-corrected chi connectivity index (χ1v) is 11.9. The molecule has 0 unspecified atom stereocenters. The summed E-state index contributed by atoms with van der Waals surface area (Å²) >= 11 is 1.31. The molecular formula is C26H23N5O3S. The van der Waals surface area contributed by atoms with Gasteiger partial charge in [0, 0.05) is 11.6 Å². The molecule has 0 radical (unpaired) electrons. The molecule has 0 saturated heterocycles. The first-order valence-electron chi connectivity index (χ1n) is 10.9. The fraction of sp³-hybridized carbons (Fsp3) is 0.154. The lowest BCUT2D eigenvalue weighted by Crippen LogP contribution is -2.15. The van der Waals surface area contributed by atoms with E-state index in [-0.39, 0.29) is 11.7 Å². The molecule has 0 spiro atoms. The summed E-state index contributed by atoms with van der Waals surface area (Å²) in [6.45, 7) is 2.05. The molecule has 0 bridgehead atoms. The van der Waals surface area contributed by atoms with Gasteiger partial charge in [-0.15, -0.1) is 10.2 Å². The summed E-state index contributed by atoms with van der Waals surface area (Å²) in [5.41, 5.74) is 5.01. The van der Waals surface area contributed by atoms with E-state index in [0.29, 0.717) is 27.9 Å². The van der Waals surface area contributed by atoms with Crippen LogP contribution in [-0.4, -0.2) is 45.5 Å². The van der Waals surface area contributed by atoms with Gasteiger partial charge in [-0.05, 0) is 31.2 Å². The van der Waals surface area contributed by atoms with Gasteiger partial charge in [-0.1, -0.05) is 53.7 Å². The molecular weight excluding hydrogens is 462 g/mol. The summed E-state index contributed by atoms with van der Waals surface area (Å²) < 4.78 is 12.6. The first kappa shape index (κ1) is 22.7. The van der Waals surface area contributed by atoms with Crippen molar-refractivity contribution in [3.63, 3.8) is 0 Å². The lowest BCUT2D eigenvalue weighted by atomic mass is 10.1. The summed E-state index contributed by atoms with van der Waals surface area (Å²) in [5.74, 6) is 1.85. The maximum Gasteiger partial charge on any atom is 0.234 e. The highest BCUT2D eigenvalue weighted by atomic mass is 32.2. The van der Waals surface area contributed by atoms with E-state index in [0.717, 1.165) is 22.4 Å². The largest absolute Gasteiger partial charge is 0.497 e. The maximum atomic E-state index is 12.8. The molecule has 0 fully saturated rings. The molecule has 5 aromatic rings. The molecule has 5 rings (SSSR count). The van der Waals surface area contributed by atoms with E-state index in [1.54, 1.807) is 32.4 Å². The topological polar surface area (TPSA) is 90.6 Å². The minimum atomic E-state index is -0.190. The van der Waals surface area contributed by atoms with Crippen LogP contribution in [0.1, 0.15) is 5.56 Å². The van der Waals surface area contributed by atoms with E-state index in [9.17, 15) is 4.79 Å². The number of methoxy groups -OCH3 is 2. The van der Waals surface area contributed by atoms with Crippen LogP contribution in [0.4, 0.5) is 5.69 Å². The highest BCUT2D eigenvalue weighted by Gasteiger charge is 2.18. The second-order valence-corrected chi connectivity index (χ2v) is 8.82. The van der Waals surface area contributed by atoms with Crippen molar-refractivity contribution in [2.45, 2.75) is 11.9 Å². The van der Waals surface area contributed by atoms with Gasteiger partial charge in [-0.2, -0.15) is 0 Å². The Morgan fingerprint density at radius 3 is 2.57 bits per heavy atom. The summed E-state index contributed by atoms with van der Waals surface area (Å²) in [6, 6.07) is 21.2. The predicted molar refractivity (Wildman–Crippen MR) is 137 cm³/mol. The number of fused-ring (bicyclic) bond motifs is 3. The minimum absolute atomic E-state index is 0.142. The molecule has 3 aromatic carbocycles. The van der Waals surface area contributed by atoms with E-state index in [4.69, 9.17) is 14.5 Å². The molecule has 0 aliphatic carbocycles.